The van der Waals surface area contributed by atoms with E-state index in [-0.39, 0.29) is 11.2 Å². The summed E-state index contributed by atoms with van der Waals surface area (Å²) in [5, 5.41) is 0.129. The number of carbonyl (C=O) groups is 2. The molecular formula is C17H17ClN2O2S. The molecule has 2 N–H and O–H groups in total. The molecule has 4 nitrogen and oxygen atoms in total. The number of nitrogens with one attached hydrogen (secondary N) is 2. The van der Waals surface area contributed by atoms with Crippen molar-refractivity contribution >= 4 is 35.2 Å². The van der Waals surface area contributed by atoms with Crippen molar-refractivity contribution in [2.24, 2.45) is 0 Å². The summed E-state index contributed by atoms with van der Waals surface area (Å²) in [5.41, 5.74) is 6.37. The number of carbonyl (C=O) groups excluding carboxylic acids is 2. The molecule has 0 aliphatic carbocycles. The lowest BCUT2D eigenvalue weighted by atomic mass is 10.2. The summed E-state index contributed by atoms with van der Waals surface area (Å²) in [7, 11) is 0. The number of hydrogen-bond donors (Lipinski definition) is 2. The van der Waals surface area contributed by atoms with Crippen molar-refractivity contribution in [3.8, 4) is 0 Å². The van der Waals surface area contributed by atoms with Crippen molar-refractivity contribution in [2.45, 2.75) is 24.0 Å². The molecule has 0 saturated heterocycles. The van der Waals surface area contributed by atoms with Crippen molar-refractivity contribution in [3.05, 3.63) is 64.7 Å². The van der Waals surface area contributed by atoms with E-state index >= 15 is 0 Å². The molecular weight excluding hydrogens is 332 g/mol. The number of rotatable bonds is 4. The van der Waals surface area contributed by atoms with Crippen LogP contribution in [-0.2, 0) is 4.79 Å². The van der Waals surface area contributed by atoms with E-state index in [0.29, 0.717) is 10.6 Å². The molecule has 2 rings (SSSR count). The minimum Gasteiger partial charge on any atom is -0.272 e. The van der Waals surface area contributed by atoms with Crippen LogP contribution in [0.1, 0.15) is 22.8 Å². The van der Waals surface area contributed by atoms with Crippen LogP contribution in [0.25, 0.3) is 0 Å². The van der Waals surface area contributed by atoms with Crippen LogP contribution in [0.15, 0.2) is 53.4 Å². The van der Waals surface area contributed by atoms with E-state index in [9.17, 15) is 9.59 Å². The number of benzene rings is 2. The van der Waals surface area contributed by atoms with Gasteiger partial charge in [-0.3, -0.25) is 20.4 Å². The first-order chi connectivity index (χ1) is 11.0. The Balaban J connectivity index is 1.86. The lowest BCUT2D eigenvalue weighted by Gasteiger charge is -2.13. The van der Waals surface area contributed by atoms with Crippen molar-refractivity contribution < 1.29 is 9.59 Å². The molecule has 0 aliphatic heterocycles. The second-order valence-electron chi connectivity index (χ2n) is 5.03. The maximum atomic E-state index is 12.0. The summed E-state index contributed by atoms with van der Waals surface area (Å²) in [6.45, 7) is 3.79. The number of hydrogen-bond acceptors (Lipinski definition) is 3. The van der Waals surface area contributed by atoms with Gasteiger partial charge in [-0.05, 0) is 44.2 Å². The summed E-state index contributed by atoms with van der Waals surface area (Å²) >= 11 is 7.26. The fourth-order valence-corrected chi connectivity index (χ4v) is 2.85. The molecule has 23 heavy (non-hydrogen) atoms. The van der Waals surface area contributed by atoms with Crippen LogP contribution in [0.4, 0.5) is 0 Å². The van der Waals surface area contributed by atoms with Crippen molar-refractivity contribution in [2.75, 3.05) is 0 Å². The second kappa shape index (κ2) is 8.04. The van der Waals surface area contributed by atoms with E-state index < -0.39 is 5.91 Å². The zero-order valence-electron chi connectivity index (χ0n) is 12.8. The molecule has 0 heterocycles. The average Bonchev–Trinajstić information content (AvgIpc) is 2.54. The van der Waals surface area contributed by atoms with Crippen LogP contribution < -0.4 is 10.9 Å². The topological polar surface area (TPSA) is 58.2 Å². The number of thioether (sulfide) groups is 1. The lowest BCUT2D eigenvalue weighted by molar-refractivity contribution is -0.121. The molecule has 2 amide bonds. The maximum absolute atomic E-state index is 12.0. The van der Waals surface area contributed by atoms with E-state index in [1.807, 2.05) is 31.2 Å². The third-order valence-corrected chi connectivity index (χ3v) is 4.44. The third kappa shape index (κ3) is 5.30. The highest BCUT2D eigenvalue weighted by Crippen LogP contribution is 2.23. The van der Waals surface area contributed by atoms with Crippen LogP contribution in [-0.4, -0.2) is 17.1 Å². The van der Waals surface area contributed by atoms with Crippen molar-refractivity contribution in [1.29, 1.82) is 0 Å². The van der Waals surface area contributed by atoms with E-state index in [1.54, 1.807) is 25.1 Å². The van der Waals surface area contributed by atoms with E-state index in [0.717, 1.165) is 4.90 Å². The van der Waals surface area contributed by atoms with Gasteiger partial charge in [0.25, 0.3) is 11.8 Å². The summed E-state index contributed by atoms with van der Waals surface area (Å²) in [5.74, 6) is -0.681. The van der Waals surface area contributed by atoms with Gasteiger partial charge in [-0.15, -0.1) is 11.8 Å². The van der Waals surface area contributed by atoms with Crippen molar-refractivity contribution in [1.82, 2.24) is 10.9 Å². The summed E-state index contributed by atoms with van der Waals surface area (Å²) in [6.07, 6.45) is 0. The number of hydrazine groups is 1. The molecule has 6 heteroatoms. The van der Waals surface area contributed by atoms with Crippen LogP contribution >= 0.6 is 23.4 Å². The molecule has 0 saturated carbocycles. The Kier molecular flexibility index (Phi) is 6.07. The largest absolute Gasteiger partial charge is 0.272 e. The highest BCUT2D eigenvalue weighted by atomic mass is 35.5. The Morgan fingerprint density at radius 2 is 1.78 bits per heavy atom. The van der Waals surface area contributed by atoms with Gasteiger partial charge in [0.2, 0.25) is 0 Å². The highest BCUT2D eigenvalue weighted by molar-refractivity contribution is 8.00. The molecule has 120 valence electrons. The molecule has 0 unspecified atom stereocenters. The van der Waals surface area contributed by atoms with Gasteiger partial charge in [-0.2, -0.15) is 0 Å². The van der Waals surface area contributed by atoms with Gasteiger partial charge in [0.05, 0.1) is 5.25 Å². The van der Waals surface area contributed by atoms with E-state index in [1.165, 1.54) is 23.4 Å². The molecule has 0 spiro atoms. The molecule has 0 fully saturated rings. The van der Waals surface area contributed by atoms with Crippen LogP contribution in [0.3, 0.4) is 0 Å². The highest BCUT2D eigenvalue weighted by Gasteiger charge is 2.15. The molecule has 0 aliphatic rings. The first kappa shape index (κ1) is 17.4. The Hall–Kier alpha value is -1.98. The van der Waals surface area contributed by atoms with Gasteiger partial charge in [-0.25, -0.2) is 0 Å². The van der Waals surface area contributed by atoms with Crippen LogP contribution in [0.2, 0.25) is 5.02 Å². The van der Waals surface area contributed by atoms with Gasteiger partial charge in [0.1, 0.15) is 0 Å². The molecule has 2 aromatic carbocycles. The summed E-state index contributed by atoms with van der Waals surface area (Å²) in [4.78, 5) is 25.0. The standard InChI is InChI=1S/C17H17ClN2O2S/c1-11-6-8-15(9-7-11)23-12(2)16(21)19-20-17(22)13-4-3-5-14(18)10-13/h3-10,12H,1-2H3,(H,19,21)(H,20,22)/t12-/m0/s1. The molecule has 0 radical (unpaired) electrons. The Labute approximate surface area is 144 Å². The van der Waals surface area contributed by atoms with Gasteiger partial charge < -0.3 is 0 Å². The fraction of sp³-hybridized carbons (Fsp3) is 0.176. The van der Waals surface area contributed by atoms with Crippen LogP contribution in [0.5, 0.6) is 0 Å². The molecule has 1 atom stereocenters. The third-order valence-electron chi connectivity index (χ3n) is 3.09. The van der Waals surface area contributed by atoms with Gasteiger partial charge in [-0.1, -0.05) is 35.4 Å². The predicted octanol–water partition coefficient (Wildman–Crippen LogP) is 3.59. The second-order valence-corrected chi connectivity index (χ2v) is 6.88. The van der Waals surface area contributed by atoms with E-state index in [2.05, 4.69) is 10.9 Å². The minimum atomic E-state index is -0.409. The van der Waals surface area contributed by atoms with Gasteiger partial charge in [0, 0.05) is 15.5 Å². The zero-order chi connectivity index (χ0) is 16.8. The number of halogens is 1. The number of amides is 2. The van der Waals surface area contributed by atoms with E-state index in [4.69, 9.17) is 11.6 Å². The monoisotopic (exact) mass is 348 g/mol. The zero-order valence-corrected chi connectivity index (χ0v) is 14.4. The Bertz CT molecular complexity index is 704. The predicted molar refractivity (Wildman–Crippen MR) is 93.6 cm³/mol. The normalized spacial score (nSPS) is 11.6. The molecule has 0 bridgehead atoms. The van der Waals surface area contributed by atoms with Crippen molar-refractivity contribution in [3.63, 3.8) is 0 Å². The first-order valence-corrected chi connectivity index (χ1v) is 8.30. The first-order valence-electron chi connectivity index (χ1n) is 7.05. The summed E-state index contributed by atoms with van der Waals surface area (Å²) < 4.78 is 0. The smallest absolute Gasteiger partial charge is 0.269 e. The minimum absolute atomic E-state index is 0.272. The Morgan fingerprint density at radius 3 is 2.43 bits per heavy atom. The maximum Gasteiger partial charge on any atom is 0.269 e. The SMILES string of the molecule is Cc1ccc(S[C@@H](C)C(=O)NNC(=O)c2cccc(Cl)c2)cc1. The lowest BCUT2D eigenvalue weighted by Crippen LogP contribution is -2.44. The Morgan fingerprint density at radius 1 is 1.09 bits per heavy atom. The average molecular weight is 349 g/mol. The number of aryl methyl sites for hydroxylation is 1. The van der Waals surface area contributed by atoms with Gasteiger partial charge in [0.15, 0.2) is 0 Å². The molecule has 0 aromatic heterocycles. The summed E-state index contributed by atoms with van der Waals surface area (Å²) in [6, 6.07) is 14.4. The fourth-order valence-electron chi connectivity index (χ4n) is 1.80. The quantitative estimate of drug-likeness (QED) is 0.655. The van der Waals surface area contributed by atoms with Crippen LogP contribution in [0, 0.1) is 6.92 Å². The van der Waals surface area contributed by atoms with Gasteiger partial charge >= 0.3 is 0 Å². The molecule has 2 aromatic rings.